The molecule has 2 rings (SSSR count). The van der Waals surface area contributed by atoms with E-state index < -0.39 is 17.2 Å². The Hall–Kier alpha value is -2.02. The van der Waals surface area contributed by atoms with Crippen LogP contribution in [-0.2, 0) is 16.0 Å². The number of carbonyl (C=O) groups excluding carboxylic acids is 1. The molecule has 0 fully saturated rings. The molecule has 0 aromatic heterocycles. The molecule has 0 bridgehead atoms. The van der Waals surface area contributed by atoms with Crippen molar-refractivity contribution in [2.45, 2.75) is 22.8 Å². The highest BCUT2D eigenvalue weighted by atomic mass is 32.2. The fraction of sp³-hybridized carbons (Fsp3) is 0.188. The summed E-state index contributed by atoms with van der Waals surface area (Å²) in [5.74, 6) is 0.457. The Bertz CT molecular complexity index is 627. The zero-order valence-electron chi connectivity index (χ0n) is 12.4. The first kappa shape index (κ1) is 16.4. The van der Waals surface area contributed by atoms with Gasteiger partial charge in [0.25, 0.3) is 0 Å². The van der Waals surface area contributed by atoms with Crippen molar-refractivity contribution in [3.05, 3.63) is 48.5 Å². The molecule has 2 atom stereocenters. The first-order valence-electron chi connectivity index (χ1n) is 6.73. The first-order chi connectivity index (χ1) is 10.5. The van der Waals surface area contributed by atoms with Crippen molar-refractivity contribution in [2.24, 2.45) is 5.73 Å². The SMILES string of the molecule is COc1ccc([S+]([O-])c2ccc(NC(=O)C(C)N)cc2)cc1. The van der Waals surface area contributed by atoms with Gasteiger partial charge in [0, 0.05) is 16.9 Å². The maximum absolute atomic E-state index is 12.5. The molecule has 0 saturated carbocycles. The van der Waals surface area contributed by atoms with E-state index in [1.165, 1.54) is 0 Å². The Balaban J connectivity index is 2.10. The lowest BCUT2D eigenvalue weighted by atomic mass is 10.3. The van der Waals surface area contributed by atoms with Crippen LogP contribution in [0.1, 0.15) is 6.92 Å². The van der Waals surface area contributed by atoms with E-state index in [2.05, 4.69) is 5.32 Å². The molecule has 2 aromatic rings. The van der Waals surface area contributed by atoms with Crippen molar-refractivity contribution in [1.29, 1.82) is 0 Å². The molecule has 2 unspecified atom stereocenters. The highest BCUT2D eigenvalue weighted by molar-refractivity contribution is 7.91. The average Bonchev–Trinajstić information content (AvgIpc) is 2.55. The molecule has 22 heavy (non-hydrogen) atoms. The Morgan fingerprint density at radius 1 is 1.14 bits per heavy atom. The molecule has 0 heterocycles. The summed E-state index contributed by atoms with van der Waals surface area (Å²) in [6.07, 6.45) is 0. The Kier molecular flexibility index (Phi) is 5.43. The summed E-state index contributed by atoms with van der Waals surface area (Å²) in [5, 5.41) is 2.68. The standard InChI is InChI=1S/C16H18N2O3S/c1-11(17)16(19)18-12-3-7-14(8-4-12)22(20)15-9-5-13(21-2)6-10-15/h3-11H,17H2,1-2H3,(H,18,19). The lowest BCUT2D eigenvalue weighted by Gasteiger charge is -2.12. The van der Waals surface area contributed by atoms with Crippen LogP contribution in [0.5, 0.6) is 5.75 Å². The minimum Gasteiger partial charge on any atom is -0.606 e. The predicted octanol–water partition coefficient (Wildman–Crippen LogP) is 2.15. The van der Waals surface area contributed by atoms with Gasteiger partial charge in [0.2, 0.25) is 5.91 Å². The Morgan fingerprint density at radius 3 is 2.09 bits per heavy atom. The van der Waals surface area contributed by atoms with Crippen molar-refractivity contribution in [2.75, 3.05) is 12.4 Å². The second-order valence-corrected chi connectivity index (χ2v) is 6.23. The molecular weight excluding hydrogens is 300 g/mol. The summed E-state index contributed by atoms with van der Waals surface area (Å²) < 4.78 is 17.5. The van der Waals surface area contributed by atoms with E-state index in [4.69, 9.17) is 10.5 Å². The maximum atomic E-state index is 12.5. The van der Waals surface area contributed by atoms with Gasteiger partial charge in [0.05, 0.1) is 13.2 Å². The molecule has 0 spiro atoms. The molecule has 116 valence electrons. The normalized spacial score (nSPS) is 13.3. The average molecular weight is 318 g/mol. The van der Waals surface area contributed by atoms with Crippen LogP contribution in [-0.4, -0.2) is 23.6 Å². The van der Waals surface area contributed by atoms with Crippen LogP contribution in [0, 0.1) is 0 Å². The third kappa shape index (κ3) is 4.00. The third-order valence-corrected chi connectivity index (χ3v) is 4.42. The van der Waals surface area contributed by atoms with E-state index >= 15 is 0 Å². The minimum absolute atomic E-state index is 0.260. The zero-order chi connectivity index (χ0) is 16.1. The van der Waals surface area contributed by atoms with Crippen molar-refractivity contribution in [3.8, 4) is 5.75 Å². The highest BCUT2D eigenvalue weighted by Gasteiger charge is 2.15. The largest absolute Gasteiger partial charge is 0.606 e. The fourth-order valence-corrected chi connectivity index (χ4v) is 2.79. The lowest BCUT2D eigenvalue weighted by molar-refractivity contribution is -0.117. The van der Waals surface area contributed by atoms with Gasteiger partial charge in [-0.05, 0) is 55.5 Å². The van der Waals surface area contributed by atoms with Crippen LogP contribution >= 0.6 is 0 Å². The molecule has 0 aliphatic carbocycles. The smallest absolute Gasteiger partial charge is 0.240 e. The molecule has 0 radical (unpaired) electrons. The van der Waals surface area contributed by atoms with E-state index in [-0.39, 0.29) is 5.91 Å². The summed E-state index contributed by atoms with van der Waals surface area (Å²) in [6, 6.07) is 13.3. The molecule has 0 aliphatic rings. The predicted molar refractivity (Wildman–Crippen MR) is 86.4 cm³/mol. The second-order valence-electron chi connectivity index (χ2n) is 4.75. The summed E-state index contributed by atoms with van der Waals surface area (Å²) >= 11 is -1.28. The summed E-state index contributed by atoms with van der Waals surface area (Å²) in [5.41, 5.74) is 6.11. The topological polar surface area (TPSA) is 87.4 Å². The van der Waals surface area contributed by atoms with Crippen LogP contribution in [0.2, 0.25) is 0 Å². The number of nitrogens with one attached hydrogen (secondary N) is 1. The molecule has 3 N–H and O–H groups in total. The fourth-order valence-electron chi connectivity index (χ4n) is 1.75. The number of anilines is 1. The molecule has 1 amide bonds. The van der Waals surface area contributed by atoms with Gasteiger partial charge in [0.15, 0.2) is 9.79 Å². The number of rotatable bonds is 5. The maximum Gasteiger partial charge on any atom is 0.240 e. The Morgan fingerprint density at radius 2 is 1.64 bits per heavy atom. The Labute approximate surface area is 132 Å². The summed E-state index contributed by atoms with van der Waals surface area (Å²) in [7, 11) is 1.58. The van der Waals surface area contributed by atoms with Gasteiger partial charge in [-0.1, -0.05) is 0 Å². The summed E-state index contributed by atoms with van der Waals surface area (Å²) in [4.78, 5) is 12.8. The molecule has 0 saturated heterocycles. The molecule has 5 nitrogen and oxygen atoms in total. The van der Waals surface area contributed by atoms with Gasteiger partial charge in [-0.15, -0.1) is 0 Å². The number of nitrogens with two attached hydrogens (primary N) is 1. The van der Waals surface area contributed by atoms with Gasteiger partial charge in [-0.3, -0.25) is 4.79 Å². The van der Waals surface area contributed by atoms with Crippen LogP contribution in [0.25, 0.3) is 0 Å². The van der Waals surface area contributed by atoms with Gasteiger partial charge < -0.3 is 20.3 Å². The molecule has 0 aliphatic heterocycles. The number of methoxy groups -OCH3 is 1. The van der Waals surface area contributed by atoms with E-state index in [9.17, 15) is 9.35 Å². The van der Waals surface area contributed by atoms with Gasteiger partial charge in [-0.25, -0.2) is 0 Å². The number of hydrogen-bond donors (Lipinski definition) is 2. The number of ether oxygens (including phenoxy) is 1. The quantitative estimate of drug-likeness (QED) is 0.827. The molecular formula is C16H18N2O3S. The lowest BCUT2D eigenvalue weighted by Crippen LogP contribution is -2.32. The number of hydrogen-bond acceptors (Lipinski definition) is 4. The van der Waals surface area contributed by atoms with Crippen molar-refractivity contribution >= 4 is 22.8 Å². The number of benzene rings is 2. The second kappa shape index (κ2) is 7.31. The van der Waals surface area contributed by atoms with Gasteiger partial charge >= 0.3 is 0 Å². The summed E-state index contributed by atoms with van der Waals surface area (Å²) in [6.45, 7) is 1.61. The van der Waals surface area contributed by atoms with Crippen molar-refractivity contribution in [1.82, 2.24) is 0 Å². The van der Waals surface area contributed by atoms with Crippen LogP contribution in [0.15, 0.2) is 58.3 Å². The van der Waals surface area contributed by atoms with E-state index in [0.717, 1.165) is 5.75 Å². The van der Waals surface area contributed by atoms with Crippen LogP contribution in [0.3, 0.4) is 0 Å². The zero-order valence-corrected chi connectivity index (χ0v) is 13.2. The molecule has 2 aromatic carbocycles. The van der Waals surface area contributed by atoms with Crippen molar-refractivity contribution in [3.63, 3.8) is 0 Å². The number of carbonyl (C=O) groups is 1. The van der Waals surface area contributed by atoms with Crippen LogP contribution in [0.4, 0.5) is 5.69 Å². The van der Waals surface area contributed by atoms with E-state index in [1.807, 2.05) is 0 Å². The van der Waals surface area contributed by atoms with E-state index in [1.54, 1.807) is 62.6 Å². The van der Waals surface area contributed by atoms with Crippen molar-refractivity contribution < 1.29 is 14.1 Å². The van der Waals surface area contributed by atoms with E-state index in [0.29, 0.717) is 15.5 Å². The number of amides is 1. The first-order valence-corrected chi connectivity index (χ1v) is 7.88. The van der Waals surface area contributed by atoms with Crippen LogP contribution < -0.4 is 15.8 Å². The highest BCUT2D eigenvalue weighted by Crippen LogP contribution is 2.24. The minimum atomic E-state index is -1.28. The monoisotopic (exact) mass is 318 g/mol. The molecule has 6 heteroatoms. The van der Waals surface area contributed by atoms with Gasteiger partial charge in [0.1, 0.15) is 5.75 Å². The third-order valence-electron chi connectivity index (χ3n) is 3.02. The van der Waals surface area contributed by atoms with Gasteiger partial charge in [-0.2, -0.15) is 0 Å².